The van der Waals surface area contributed by atoms with Crippen LogP contribution in [0.15, 0.2) is 78.9 Å². The first-order chi connectivity index (χ1) is 16.7. The zero-order valence-electron chi connectivity index (χ0n) is 20.8. The molecule has 0 amide bonds. The van der Waals surface area contributed by atoms with E-state index in [2.05, 4.69) is 103 Å². The van der Waals surface area contributed by atoms with Crippen molar-refractivity contribution in [3.63, 3.8) is 0 Å². The molecule has 2 aliphatic heterocycles. The molecule has 3 heteroatoms. The summed E-state index contributed by atoms with van der Waals surface area (Å²) in [5, 5.41) is 4.04. The summed E-state index contributed by atoms with van der Waals surface area (Å²) >= 11 is 0. The zero-order chi connectivity index (χ0) is 23.5. The maximum absolute atomic E-state index is 5.75. The van der Waals surface area contributed by atoms with Crippen LogP contribution in [0, 0.1) is 5.92 Å². The van der Waals surface area contributed by atoms with E-state index in [1.807, 2.05) is 0 Å². The van der Waals surface area contributed by atoms with E-state index in [0.29, 0.717) is 29.8 Å². The van der Waals surface area contributed by atoms with Crippen molar-refractivity contribution in [1.29, 1.82) is 0 Å². The molecule has 34 heavy (non-hydrogen) atoms. The molecule has 0 radical (unpaired) electrons. The smallest absolute Gasteiger partial charge is 0.123 e. The van der Waals surface area contributed by atoms with Gasteiger partial charge in [-0.05, 0) is 54.0 Å². The molecule has 2 bridgehead atoms. The number of benzene rings is 3. The second-order valence-corrected chi connectivity index (χ2v) is 10.1. The number of hydrogen-bond donors (Lipinski definition) is 1. The average Bonchev–Trinajstić information content (AvgIpc) is 3.50. The summed E-state index contributed by atoms with van der Waals surface area (Å²) in [6.45, 7) is 7.81. The normalized spacial score (nSPS) is 24.5. The van der Waals surface area contributed by atoms with E-state index >= 15 is 0 Å². The number of methoxy groups -OCH3 is 1. The Morgan fingerprint density at radius 1 is 0.941 bits per heavy atom. The van der Waals surface area contributed by atoms with Crippen molar-refractivity contribution in [3.8, 4) is 5.75 Å². The lowest BCUT2D eigenvalue weighted by Crippen LogP contribution is -2.50. The van der Waals surface area contributed by atoms with E-state index in [9.17, 15) is 0 Å². The van der Waals surface area contributed by atoms with Gasteiger partial charge in [-0.15, -0.1) is 0 Å². The molecule has 2 aliphatic rings. The summed E-state index contributed by atoms with van der Waals surface area (Å²) in [6, 6.07) is 29.8. The second kappa shape index (κ2) is 10.3. The first-order valence-corrected chi connectivity index (χ1v) is 12.9. The molecule has 5 atom stereocenters. The average molecular weight is 455 g/mol. The molecule has 2 fully saturated rings. The first kappa shape index (κ1) is 23.1. The lowest BCUT2D eigenvalue weighted by molar-refractivity contribution is 0.197. The molecule has 0 spiro atoms. The number of hydrogen-bond acceptors (Lipinski definition) is 3. The number of nitrogens with zero attached hydrogens (tertiary/aromatic N) is 1. The Balaban J connectivity index is 1.45. The molecule has 0 aliphatic carbocycles. The van der Waals surface area contributed by atoms with Gasteiger partial charge in [0, 0.05) is 36.7 Å². The van der Waals surface area contributed by atoms with E-state index in [0.717, 1.165) is 18.7 Å². The van der Waals surface area contributed by atoms with Gasteiger partial charge in [0.2, 0.25) is 0 Å². The van der Waals surface area contributed by atoms with Crippen molar-refractivity contribution in [2.24, 2.45) is 5.92 Å². The minimum Gasteiger partial charge on any atom is -0.496 e. The quantitative estimate of drug-likeness (QED) is 0.416. The SMILES string of the molecule is CCC(C)c1ccc(OC)c(CNC2C3CCN(C3)C2C(c2ccccc2)c2ccccc2)c1. The predicted molar refractivity (Wildman–Crippen MR) is 141 cm³/mol. The van der Waals surface area contributed by atoms with Gasteiger partial charge < -0.3 is 10.1 Å². The van der Waals surface area contributed by atoms with Crippen molar-refractivity contribution in [1.82, 2.24) is 10.2 Å². The van der Waals surface area contributed by atoms with Crippen molar-refractivity contribution in [2.75, 3.05) is 20.2 Å². The van der Waals surface area contributed by atoms with Crippen LogP contribution < -0.4 is 10.1 Å². The Bertz CT molecular complexity index is 1030. The van der Waals surface area contributed by atoms with E-state index in [4.69, 9.17) is 4.74 Å². The summed E-state index contributed by atoms with van der Waals surface area (Å²) in [5.41, 5.74) is 5.50. The number of nitrogens with one attached hydrogen (secondary N) is 1. The minimum atomic E-state index is 0.360. The molecule has 2 heterocycles. The van der Waals surface area contributed by atoms with Gasteiger partial charge in [-0.1, -0.05) is 86.6 Å². The minimum absolute atomic E-state index is 0.360. The lowest BCUT2D eigenvalue weighted by Gasteiger charge is -2.39. The molecule has 3 aromatic rings. The summed E-state index contributed by atoms with van der Waals surface area (Å²) in [7, 11) is 1.79. The van der Waals surface area contributed by atoms with Crippen LogP contribution >= 0.6 is 0 Å². The predicted octanol–water partition coefficient (Wildman–Crippen LogP) is 6.20. The van der Waals surface area contributed by atoms with Gasteiger partial charge in [-0.2, -0.15) is 0 Å². The van der Waals surface area contributed by atoms with Crippen molar-refractivity contribution in [3.05, 3.63) is 101 Å². The number of piperidine rings is 1. The highest BCUT2D eigenvalue weighted by atomic mass is 16.5. The lowest BCUT2D eigenvalue weighted by atomic mass is 9.78. The Morgan fingerprint density at radius 2 is 1.62 bits per heavy atom. The van der Waals surface area contributed by atoms with Gasteiger partial charge in [0.05, 0.1) is 7.11 Å². The van der Waals surface area contributed by atoms with E-state index < -0.39 is 0 Å². The molecule has 3 aromatic carbocycles. The largest absolute Gasteiger partial charge is 0.496 e. The van der Waals surface area contributed by atoms with Crippen LogP contribution in [0.25, 0.3) is 0 Å². The fourth-order valence-electron chi connectivity index (χ4n) is 6.21. The third-order valence-electron chi connectivity index (χ3n) is 8.23. The number of rotatable bonds is 9. The van der Waals surface area contributed by atoms with Gasteiger partial charge in [0.15, 0.2) is 0 Å². The van der Waals surface area contributed by atoms with Gasteiger partial charge in [0.25, 0.3) is 0 Å². The molecule has 5 unspecified atom stereocenters. The van der Waals surface area contributed by atoms with Crippen LogP contribution in [0.1, 0.15) is 60.8 Å². The summed E-state index contributed by atoms with van der Waals surface area (Å²) < 4.78 is 5.75. The van der Waals surface area contributed by atoms with Gasteiger partial charge in [0.1, 0.15) is 5.75 Å². The maximum Gasteiger partial charge on any atom is 0.123 e. The molecular weight excluding hydrogens is 416 g/mol. The molecular formula is C31H38N2O. The Morgan fingerprint density at radius 3 is 2.24 bits per heavy atom. The molecule has 1 N–H and O–H groups in total. The summed E-state index contributed by atoms with van der Waals surface area (Å²) in [4.78, 5) is 2.74. The number of ether oxygens (including phenoxy) is 1. The highest BCUT2D eigenvalue weighted by Gasteiger charge is 2.49. The fraction of sp³-hybridized carbons (Fsp3) is 0.419. The molecule has 3 nitrogen and oxygen atoms in total. The van der Waals surface area contributed by atoms with Gasteiger partial charge in [-0.25, -0.2) is 0 Å². The van der Waals surface area contributed by atoms with Crippen LogP contribution in [0.5, 0.6) is 5.75 Å². The van der Waals surface area contributed by atoms with Crippen molar-refractivity contribution >= 4 is 0 Å². The van der Waals surface area contributed by atoms with Crippen LogP contribution in [-0.4, -0.2) is 37.2 Å². The standard InChI is InChI=1S/C31H38N2O/c1-4-22(2)25-15-16-28(34-3)27(19-25)20-32-30-26-17-18-33(21-26)31(30)29(23-11-7-5-8-12-23)24-13-9-6-10-14-24/h5-16,19,22,26,29-32H,4,17-18,20-21H2,1-3H3. The maximum atomic E-state index is 5.75. The molecule has 0 saturated carbocycles. The summed E-state index contributed by atoms with van der Waals surface area (Å²) in [6.07, 6.45) is 2.44. The molecule has 5 rings (SSSR count). The highest BCUT2D eigenvalue weighted by molar-refractivity contribution is 5.39. The molecule has 2 saturated heterocycles. The Hall–Kier alpha value is -2.62. The van der Waals surface area contributed by atoms with Gasteiger partial charge >= 0.3 is 0 Å². The number of fused-ring (bicyclic) bond motifs is 2. The molecule has 178 valence electrons. The van der Waals surface area contributed by atoms with Crippen LogP contribution in [0.4, 0.5) is 0 Å². The second-order valence-electron chi connectivity index (χ2n) is 10.1. The van der Waals surface area contributed by atoms with Gasteiger partial charge in [-0.3, -0.25) is 4.90 Å². The third kappa shape index (κ3) is 4.52. The van der Waals surface area contributed by atoms with Crippen LogP contribution in [-0.2, 0) is 6.54 Å². The Labute approximate surface area is 205 Å². The monoisotopic (exact) mass is 454 g/mol. The third-order valence-corrected chi connectivity index (χ3v) is 8.23. The Kier molecular flexibility index (Phi) is 7.03. The highest BCUT2D eigenvalue weighted by Crippen LogP contribution is 2.43. The van der Waals surface area contributed by atoms with Crippen LogP contribution in [0.3, 0.4) is 0 Å². The molecule has 0 aromatic heterocycles. The van der Waals surface area contributed by atoms with Crippen molar-refractivity contribution < 1.29 is 4.74 Å². The van der Waals surface area contributed by atoms with Crippen LogP contribution in [0.2, 0.25) is 0 Å². The fourth-order valence-corrected chi connectivity index (χ4v) is 6.21. The van der Waals surface area contributed by atoms with Crippen molar-refractivity contribution in [2.45, 2.75) is 57.2 Å². The van der Waals surface area contributed by atoms with E-state index in [1.54, 1.807) is 7.11 Å². The topological polar surface area (TPSA) is 24.5 Å². The van der Waals surface area contributed by atoms with E-state index in [1.165, 1.54) is 41.8 Å². The van der Waals surface area contributed by atoms with E-state index in [-0.39, 0.29) is 0 Å². The zero-order valence-corrected chi connectivity index (χ0v) is 20.8. The summed E-state index contributed by atoms with van der Waals surface area (Å²) in [5.74, 6) is 2.61. The first-order valence-electron chi connectivity index (χ1n) is 12.9.